The summed E-state index contributed by atoms with van der Waals surface area (Å²) in [7, 11) is -3.42. The fourth-order valence-corrected chi connectivity index (χ4v) is 7.24. The molecular formula is C17H24N2O2S2. The van der Waals surface area contributed by atoms with Crippen LogP contribution in [0.1, 0.15) is 61.9 Å². The Kier molecular flexibility index (Phi) is 4.82. The second-order valence-corrected chi connectivity index (χ2v) is 9.72. The molecule has 1 saturated carbocycles. The van der Waals surface area contributed by atoms with E-state index in [0.29, 0.717) is 6.54 Å². The van der Waals surface area contributed by atoms with Gasteiger partial charge < -0.3 is 0 Å². The third kappa shape index (κ3) is 3.19. The van der Waals surface area contributed by atoms with Gasteiger partial charge in [0.1, 0.15) is 0 Å². The molecule has 0 spiro atoms. The molecule has 0 radical (unpaired) electrons. The molecule has 0 amide bonds. The topological polar surface area (TPSA) is 61.2 Å². The molecule has 1 atom stereocenters. The van der Waals surface area contributed by atoms with Crippen molar-refractivity contribution in [1.29, 1.82) is 5.26 Å². The van der Waals surface area contributed by atoms with Crippen molar-refractivity contribution in [2.24, 2.45) is 5.41 Å². The Labute approximate surface area is 143 Å². The van der Waals surface area contributed by atoms with Crippen molar-refractivity contribution in [3.63, 3.8) is 0 Å². The lowest BCUT2D eigenvalue weighted by molar-refractivity contribution is 0.272. The number of rotatable bonds is 4. The lowest BCUT2D eigenvalue weighted by Gasteiger charge is -2.38. The number of hydrogen-bond acceptors (Lipinski definition) is 4. The van der Waals surface area contributed by atoms with Crippen LogP contribution in [0.15, 0.2) is 11.4 Å². The highest BCUT2D eigenvalue weighted by Gasteiger charge is 2.42. The Morgan fingerprint density at radius 2 is 2.13 bits per heavy atom. The predicted octanol–water partition coefficient (Wildman–Crippen LogP) is 3.86. The third-order valence-corrected chi connectivity index (χ3v) is 8.36. The Bertz CT molecular complexity index is 696. The predicted molar refractivity (Wildman–Crippen MR) is 92.7 cm³/mol. The lowest BCUT2D eigenvalue weighted by atomic mass is 9.77. The molecule has 1 aliphatic heterocycles. The van der Waals surface area contributed by atoms with E-state index >= 15 is 0 Å². The second-order valence-electron chi connectivity index (χ2n) is 6.79. The molecule has 0 bridgehead atoms. The van der Waals surface area contributed by atoms with Crippen molar-refractivity contribution in [1.82, 2.24) is 4.31 Å². The molecule has 4 nitrogen and oxygen atoms in total. The first-order chi connectivity index (χ1) is 11.0. The molecule has 1 aromatic heterocycles. The van der Waals surface area contributed by atoms with Crippen LogP contribution < -0.4 is 0 Å². The van der Waals surface area contributed by atoms with Gasteiger partial charge in [-0.05, 0) is 42.7 Å². The van der Waals surface area contributed by atoms with Crippen LogP contribution in [-0.4, -0.2) is 25.0 Å². The summed E-state index contributed by atoms with van der Waals surface area (Å²) in [6.07, 6.45) is 6.06. The molecular weight excluding hydrogens is 328 g/mol. The molecule has 6 heteroatoms. The number of thiophene rings is 1. The van der Waals surface area contributed by atoms with Crippen LogP contribution >= 0.6 is 11.3 Å². The molecule has 1 aromatic rings. The maximum atomic E-state index is 13.1. The minimum Gasteiger partial charge on any atom is -0.212 e. The highest BCUT2D eigenvalue weighted by Crippen LogP contribution is 2.41. The number of fused-ring (bicyclic) bond motifs is 1. The first-order valence-electron chi connectivity index (χ1n) is 8.48. The second kappa shape index (κ2) is 6.54. The van der Waals surface area contributed by atoms with Crippen molar-refractivity contribution in [2.45, 2.75) is 57.9 Å². The van der Waals surface area contributed by atoms with Gasteiger partial charge in [0.2, 0.25) is 10.0 Å². The van der Waals surface area contributed by atoms with Gasteiger partial charge in [-0.3, -0.25) is 0 Å². The van der Waals surface area contributed by atoms with E-state index in [1.54, 1.807) is 15.6 Å². The summed E-state index contributed by atoms with van der Waals surface area (Å²) >= 11 is 1.72. The van der Waals surface area contributed by atoms with E-state index in [0.717, 1.165) is 44.9 Å². The van der Waals surface area contributed by atoms with Crippen molar-refractivity contribution >= 4 is 21.4 Å². The molecule has 3 rings (SSSR count). The SMILES string of the molecule is CC[C@H]1c2ccsc2CCN1S(=O)(=O)CC1(C#N)CCCCC1. The van der Waals surface area contributed by atoms with Crippen molar-refractivity contribution < 1.29 is 8.42 Å². The van der Waals surface area contributed by atoms with Gasteiger partial charge in [-0.15, -0.1) is 11.3 Å². The summed E-state index contributed by atoms with van der Waals surface area (Å²) in [4.78, 5) is 1.32. The van der Waals surface area contributed by atoms with Crippen LogP contribution in [-0.2, 0) is 16.4 Å². The molecule has 0 unspecified atom stereocenters. The quantitative estimate of drug-likeness (QED) is 0.826. The standard InChI is InChI=1S/C17H24N2O2S2/c1-2-15-14-7-11-22-16(14)6-10-19(15)23(20,21)13-17(12-18)8-4-3-5-9-17/h7,11,15H,2-6,8-10,13H2,1H3/t15-/m0/s1. The fourth-order valence-electron chi connectivity index (χ4n) is 4.08. The molecule has 2 heterocycles. The summed E-state index contributed by atoms with van der Waals surface area (Å²) in [6, 6.07) is 4.36. The number of nitrogens with zero attached hydrogens (tertiary/aromatic N) is 2. The average Bonchev–Trinajstić information content (AvgIpc) is 3.03. The first kappa shape index (κ1) is 16.9. The molecule has 23 heavy (non-hydrogen) atoms. The van der Waals surface area contributed by atoms with E-state index in [4.69, 9.17) is 0 Å². The summed E-state index contributed by atoms with van der Waals surface area (Å²) in [5.74, 6) is -0.00747. The van der Waals surface area contributed by atoms with E-state index in [9.17, 15) is 13.7 Å². The molecule has 126 valence electrons. The van der Waals surface area contributed by atoms with Gasteiger partial charge >= 0.3 is 0 Å². The Morgan fingerprint density at radius 3 is 2.78 bits per heavy atom. The van der Waals surface area contributed by atoms with Gasteiger partial charge in [-0.1, -0.05) is 26.2 Å². The average molecular weight is 353 g/mol. The zero-order chi connectivity index (χ0) is 16.5. The molecule has 0 N–H and O–H groups in total. The minimum absolute atomic E-state index is 0.00747. The molecule has 1 fully saturated rings. The monoisotopic (exact) mass is 352 g/mol. The van der Waals surface area contributed by atoms with Gasteiger partial charge in [0.15, 0.2) is 0 Å². The van der Waals surface area contributed by atoms with E-state index in [2.05, 4.69) is 17.5 Å². The van der Waals surface area contributed by atoms with Crippen LogP contribution in [0.25, 0.3) is 0 Å². The van der Waals surface area contributed by atoms with Crippen molar-refractivity contribution in [3.8, 4) is 6.07 Å². The fraction of sp³-hybridized carbons (Fsp3) is 0.706. The van der Waals surface area contributed by atoms with Crippen LogP contribution in [0, 0.1) is 16.7 Å². The van der Waals surface area contributed by atoms with Gasteiger partial charge in [0.05, 0.1) is 23.3 Å². The van der Waals surface area contributed by atoms with Crippen LogP contribution in [0.3, 0.4) is 0 Å². The van der Waals surface area contributed by atoms with E-state index in [-0.39, 0.29) is 11.8 Å². The van der Waals surface area contributed by atoms with E-state index < -0.39 is 15.4 Å². The maximum Gasteiger partial charge on any atom is 0.216 e. The molecule has 0 saturated heterocycles. The minimum atomic E-state index is -3.42. The largest absolute Gasteiger partial charge is 0.216 e. The van der Waals surface area contributed by atoms with Gasteiger partial charge in [-0.2, -0.15) is 9.57 Å². The van der Waals surface area contributed by atoms with E-state index in [1.165, 1.54) is 10.4 Å². The van der Waals surface area contributed by atoms with Crippen LogP contribution in [0.2, 0.25) is 0 Å². The Hall–Kier alpha value is -0.900. The zero-order valence-corrected chi connectivity index (χ0v) is 15.3. The maximum absolute atomic E-state index is 13.1. The summed E-state index contributed by atoms with van der Waals surface area (Å²) in [5, 5.41) is 11.7. The third-order valence-electron chi connectivity index (χ3n) is 5.30. The highest BCUT2D eigenvalue weighted by atomic mass is 32.2. The number of nitriles is 1. The van der Waals surface area contributed by atoms with E-state index in [1.807, 2.05) is 6.92 Å². The molecule has 1 aliphatic carbocycles. The Balaban J connectivity index is 1.86. The number of sulfonamides is 1. The van der Waals surface area contributed by atoms with Gasteiger partial charge in [0, 0.05) is 11.4 Å². The van der Waals surface area contributed by atoms with Crippen molar-refractivity contribution in [2.75, 3.05) is 12.3 Å². The van der Waals surface area contributed by atoms with Crippen molar-refractivity contribution in [3.05, 3.63) is 21.9 Å². The normalized spacial score (nSPS) is 24.8. The summed E-state index contributed by atoms with van der Waals surface area (Å²) in [6.45, 7) is 2.59. The highest BCUT2D eigenvalue weighted by molar-refractivity contribution is 7.89. The zero-order valence-electron chi connectivity index (χ0n) is 13.6. The first-order valence-corrected chi connectivity index (χ1v) is 11.0. The molecule has 0 aromatic carbocycles. The summed E-state index contributed by atoms with van der Waals surface area (Å²) < 4.78 is 27.9. The summed E-state index contributed by atoms with van der Waals surface area (Å²) in [5.41, 5.74) is 0.492. The number of hydrogen-bond donors (Lipinski definition) is 0. The van der Waals surface area contributed by atoms with Gasteiger partial charge in [0.25, 0.3) is 0 Å². The van der Waals surface area contributed by atoms with Crippen LogP contribution in [0.4, 0.5) is 0 Å². The molecule has 2 aliphatic rings. The smallest absolute Gasteiger partial charge is 0.212 e. The van der Waals surface area contributed by atoms with Crippen LogP contribution in [0.5, 0.6) is 0 Å². The lowest BCUT2D eigenvalue weighted by Crippen LogP contribution is -2.44. The van der Waals surface area contributed by atoms with Gasteiger partial charge in [-0.25, -0.2) is 8.42 Å². The Morgan fingerprint density at radius 1 is 1.39 bits per heavy atom.